The van der Waals surface area contributed by atoms with Gasteiger partial charge in [0.05, 0.1) is 31.1 Å². The van der Waals surface area contributed by atoms with E-state index in [0.29, 0.717) is 45.0 Å². The quantitative estimate of drug-likeness (QED) is 0.521. The topological polar surface area (TPSA) is 117 Å². The van der Waals surface area contributed by atoms with Gasteiger partial charge < -0.3 is 20.7 Å². The summed E-state index contributed by atoms with van der Waals surface area (Å²) in [6.07, 6.45) is 0.304. The highest BCUT2D eigenvalue weighted by molar-refractivity contribution is 7.89. The van der Waals surface area contributed by atoms with Crippen LogP contribution in [0.1, 0.15) is 12.5 Å². The van der Waals surface area contributed by atoms with Gasteiger partial charge >= 0.3 is 0 Å². The summed E-state index contributed by atoms with van der Waals surface area (Å²) in [5.41, 5.74) is 2.02. The first-order valence-electron chi connectivity index (χ1n) is 10.5. The number of benzene rings is 2. The molecule has 0 aliphatic carbocycles. The van der Waals surface area contributed by atoms with Crippen LogP contribution < -0.4 is 16.0 Å². The van der Waals surface area contributed by atoms with E-state index < -0.39 is 10.0 Å². The Balaban J connectivity index is 1.54. The molecule has 0 radical (unpaired) electrons. The number of morpholine rings is 1. The Morgan fingerprint density at radius 3 is 2.41 bits per heavy atom. The molecule has 1 fully saturated rings. The van der Waals surface area contributed by atoms with Crippen molar-refractivity contribution in [1.29, 1.82) is 0 Å². The average Bonchev–Trinajstić information content (AvgIpc) is 2.79. The summed E-state index contributed by atoms with van der Waals surface area (Å²) >= 11 is 0. The largest absolute Gasteiger partial charge is 0.379 e. The molecule has 10 heteroatoms. The van der Waals surface area contributed by atoms with Crippen LogP contribution in [0.2, 0.25) is 0 Å². The van der Waals surface area contributed by atoms with Crippen molar-refractivity contribution in [2.45, 2.75) is 18.2 Å². The van der Waals surface area contributed by atoms with E-state index in [-0.39, 0.29) is 23.3 Å². The minimum atomic E-state index is -3.63. The molecule has 9 nitrogen and oxygen atoms in total. The van der Waals surface area contributed by atoms with Gasteiger partial charge in [0, 0.05) is 31.0 Å². The number of carbonyl (C=O) groups is 2. The van der Waals surface area contributed by atoms with Gasteiger partial charge in [-0.05, 0) is 42.8 Å². The number of nitrogens with one attached hydrogen (secondary N) is 3. The third-order valence-corrected chi connectivity index (χ3v) is 6.77. The summed E-state index contributed by atoms with van der Waals surface area (Å²) in [5, 5.41) is 8.48. The van der Waals surface area contributed by atoms with Crippen LogP contribution in [0.25, 0.3) is 0 Å². The monoisotopic (exact) mass is 460 g/mol. The minimum absolute atomic E-state index is 0.0100. The van der Waals surface area contributed by atoms with Crippen LogP contribution in [0, 0.1) is 0 Å². The van der Waals surface area contributed by atoms with Gasteiger partial charge in [-0.25, -0.2) is 8.42 Å². The maximum atomic E-state index is 12.8. The lowest BCUT2D eigenvalue weighted by Crippen LogP contribution is -2.40. The molecular formula is C22H28N4O5S. The van der Waals surface area contributed by atoms with Crippen LogP contribution in [0.3, 0.4) is 0 Å². The van der Waals surface area contributed by atoms with Gasteiger partial charge in [-0.2, -0.15) is 4.31 Å². The number of nitrogens with zero attached hydrogens (tertiary/aromatic N) is 1. The molecule has 1 aliphatic heterocycles. The normalized spacial score (nSPS) is 14.5. The SMILES string of the molecule is CCNC(=O)Cc1ccc(NCC(=O)Nc2cccc(S(=O)(=O)N3CCOCC3)c2)cc1. The Hall–Kier alpha value is -2.95. The molecule has 1 saturated heterocycles. The second-order valence-electron chi connectivity index (χ2n) is 7.27. The number of hydrogen-bond donors (Lipinski definition) is 3. The molecule has 1 aliphatic rings. The average molecular weight is 461 g/mol. The third kappa shape index (κ3) is 6.52. The van der Waals surface area contributed by atoms with Crippen LogP contribution in [0.15, 0.2) is 53.4 Å². The van der Waals surface area contributed by atoms with Crippen molar-refractivity contribution >= 4 is 33.2 Å². The summed E-state index contributed by atoms with van der Waals surface area (Å²) in [6.45, 7) is 3.83. The first-order chi connectivity index (χ1) is 15.4. The highest BCUT2D eigenvalue weighted by atomic mass is 32.2. The number of likely N-dealkylation sites (N-methyl/N-ethyl adjacent to an activating group) is 1. The number of hydrogen-bond acceptors (Lipinski definition) is 6. The lowest BCUT2D eigenvalue weighted by Gasteiger charge is -2.26. The van der Waals surface area contributed by atoms with Gasteiger partial charge in [0.15, 0.2) is 0 Å². The highest BCUT2D eigenvalue weighted by Gasteiger charge is 2.26. The van der Waals surface area contributed by atoms with Crippen molar-refractivity contribution < 1.29 is 22.7 Å². The lowest BCUT2D eigenvalue weighted by atomic mass is 10.1. The van der Waals surface area contributed by atoms with Crippen molar-refractivity contribution in [2.24, 2.45) is 0 Å². The zero-order valence-corrected chi connectivity index (χ0v) is 18.8. The molecule has 3 rings (SSSR count). The van der Waals surface area contributed by atoms with E-state index in [1.165, 1.54) is 16.4 Å². The fourth-order valence-corrected chi connectivity index (χ4v) is 4.70. The van der Waals surface area contributed by atoms with Gasteiger partial charge in [0.25, 0.3) is 0 Å². The molecule has 0 saturated carbocycles. The van der Waals surface area contributed by atoms with Gasteiger partial charge in [0.1, 0.15) is 0 Å². The number of carbonyl (C=O) groups excluding carboxylic acids is 2. The molecule has 0 unspecified atom stereocenters. The number of anilines is 2. The Bertz CT molecular complexity index is 1030. The van der Waals surface area contributed by atoms with E-state index in [1.54, 1.807) is 24.3 Å². The molecule has 0 spiro atoms. The van der Waals surface area contributed by atoms with Crippen molar-refractivity contribution in [3.63, 3.8) is 0 Å². The van der Waals surface area contributed by atoms with E-state index in [4.69, 9.17) is 4.74 Å². The van der Waals surface area contributed by atoms with Crippen molar-refractivity contribution in [1.82, 2.24) is 9.62 Å². The summed E-state index contributed by atoms with van der Waals surface area (Å²) in [6, 6.07) is 13.5. The van der Waals surface area contributed by atoms with Crippen LogP contribution in [-0.2, 0) is 30.8 Å². The molecular weight excluding hydrogens is 432 g/mol. The van der Waals surface area contributed by atoms with Gasteiger partial charge in [-0.1, -0.05) is 18.2 Å². The first kappa shape index (κ1) is 23.7. The second-order valence-corrected chi connectivity index (χ2v) is 9.21. The molecule has 2 amide bonds. The maximum Gasteiger partial charge on any atom is 0.243 e. The van der Waals surface area contributed by atoms with E-state index in [1.807, 2.05) is 19.1 Å². The Kier molecular flexibility index (Phi) is 8.20. The van der Waals surface area contributed by atoms with E-state index >= 15 is 0 Å². The highest BCUT2D eigenvalue weighted by Crippen LogP contribution is 2.20. The van der Waals surface area contributed by atoms with E-state index in [0.717, 1.165) is 11.3 Å². The zero-order valence-electron chi connectivity index (χ0n) is 18.0. The van der Waals surface area contributed by atoms with E-state index in [2.05, 4.69) is 16.0 Å². The predicted molar refractivity (Wildman–Crippen MR) is 122 cm³/mol. The Labute approximate surface area is 188 Å². The standard InChI is InChI=1S/C22H28N4O5S/c1-2-23-21(27)14-17-6-8-18(9-7-17)24-16-22(28)25-19-4-3-5-20(15-19)32(29,30)26-10-12-31-13-11-26/h3-9,15,24H,2,10-14,16H2,1H3,(H,23,27)(H,25,28). The molecule has 172 valence electrons. The molecule has 32 heavy (non-hydrogen) atoms. The Morgan fingerprint density at radius 1 is 1.00 bits per heavy atom. The number of ether oxygens (including phenoxy) is 1. The van der Waals surface area contributed by atoms with Gasteiger partial charge in [-0.15, -0.1) is 0 Å². The minimum Gasteiger partial charge on any atom is -0.379 e. The summed E-state index contributed by atoms with van der Waals surface area (Å²) < 4.78 is 32.2. The fourth-order valence-electron chi connectivity index (χ4n) is 3.24. The molecule has 1 heterocycles. The summed E-state index contributed by atoms with van der Waals surface area (Å²) in [5.74, 6) is -0.345. The third-order valence-electron chi connectivity index (χ3n) is 4.87. The summed E-state index contributed by atoms with van der Waals surface area (Å²) in [4.78, 5) is 24.1. The van der Waals surface area contributed by atoms with Crippen molar-refractivity contribution in [2.75, 3.05) is 50.0 Å². The van der Waals surface area contributed by atoms with Crippen LogP contribution in [0.4, 0.5) is 11.4 Å². The molecule has 2 aromatic rings. The number of rotatable bonds is 9. The summed E-state index contributed by atoms with van der Waals surface area (Å²) in [7, 11) is -3.63. The maximum absolute atomic E-state index is 12.8. The van der Waals surface area contributed by atoms with Gasteiger partial charge in [0.2, 0.25) is 21.8 Å². The molecule has 0 atom stereocenters. The van der Waals surface area contributed by atoms with Crippen molar-refractivity contribution in [3.05, 3.63) is 54.1 Å². The second kappa shape index (κ2) is 11.1. The van der Waals surface area contributed by atoms with E-state index in [9.17, 15) is 18.0 Å². The lowest BCUT2D eigenvalue weighted by molar-refractivity contribution is -0.120. The molecule has 3 N–H and O–H groups in total. The molecule has 0 bridgehead atoms. The van der Waals surface area contributed by atoms with Crippen LogP contribution in [-0.4, -0.2) is 63.9 Å². The first-order valence-corrected chi connectivity index (χ1v) is 11.9. The van der Waals surface area contributed by atoms with Crippen molar-refractivity contribution in [3.8, 4) is 0 Å². The van der Waals surface area contributed by atoms with Crippen LogP contribution >= 0.6 is 0 Å². The molecule has 2 aromatic carbocycles. The molecule has 0 aromatic heterocycles. The van der Waals surface area contributed by atoms with Crippen LogP contribution in [0.5, 0.6) is 0 Å². The smallest absolute Gasteiger partial charge is 0.243 e. The number of sulfonamides is 1. The zero-order chi connectivity index (χ0) is 23.0. The predicted octanol–water partition coefficient (Wildman–Crippen LogP) is 1.44. The fraction of sp³-hybridized carbons (Fsp3) is 0.364. The number of amides is 2. The van der Waals surface area contributed by atoms with Gasteiger partial charge in [-0.3, -0.25) is 9.59 Å². The Morgan fingerprint density at radius 2 is 1.72 bits per heavy atom.